The summed E-state index contributed by atoms with van der Waals surface area (Å²) in [6.07, 6.45) is 3.43. The standard InChI is InChI=1S/C12H16O3S/c1-4-15-12-9-10(7-8-16(3)13)5-6-11(12)14-2/h5-9H,4H2,1-3H3/b8-7+. The molecule has 1 rings (SSSR count). The molecule has 0 bridgehead atoms. The minimum atomic E-state index is -0.936. The van der Waals surface area contributed by atoms with E-state index in [-0.39, 0.29) is 0 Å². The third-order valence-electron chi connectivity index (χ3n) is 1.94. The zero-order valence-electron chi connectivity index (χ0n) is 9.73. The van der Waals surface area contributed by atoms with Crippen LogP contribution in [-0.2, 0) is 10.8 Å². The van der Waals surface area contributed by atoms with Crippen LogP contribution in [0.1, 0.15) is 12.5 Å². The number of hydrogen-bond acceptors (Lipinski definition) is 3. The molecule has 0 aromatic heterocycles. The maximum atomic E-state index is 10.9. The molecule has 1 aromatic carbocycles. The van der Waals surface area contributed by atoms with E-state index in [4.69, 9.17) is 9.47 Å². The largest absolute Gasteiger partial charge is 0.493 e. The summed E-state index contributed by atoms with van der Waals surface area (Å²) < 4.78 is 21.5. The smallest absolute Gasteiger partial charge is 0.161 e. The third-order valence-corrected chi connectivity index (χ3v) is 2.46. The van der Waals surface area contributed by atoms with Gasteiger partial charge in [-0.25, -0.2) is 0 Å². The van der Waals surface area contributed by atoms with Gasteiger partial charge >= 0.3 is 0 Å². The lowest BCUT2D eigenvalue weighted by atomic mass is 10.2. The number of benzene rings is 1. The van der Waals surface area contributed by atoms with Crippen molar-refractivity contribution in [2.24, 2.45) is 0 Å². The van der Waals surface area contributed by atoms with Crippen LogP contribution in [0.15, 0.2) is 23.6 Å². The molecule has 0 aliphatic carbocycles. The molecular formula is C12H16O3S. The Morgan fingerprint density at radius 1 is 1.38 bits per heavy atom. The van der Waals surface area contributed by atoms with Gasteiger partial charge in [0.2, 0.25) is 0 Å². The normalized spacial score (nSPS) is 12.7. The van der Waals surface area contributed by atoms with Crippen LogP contribution in [0.25, 0.3) is 6.08 Å². The summed E-state index contributed by atoms with van der Waals surface area (Å²) in [7, 11) is 0.669. The van der Waals surface area contributed by atoms with Gasteiger partial charge < -0.3 is 9.47 Å². The Morgan fingerprint density at radius 3 is 2.69 bits per heavy atom. The minimum absolute atomic E-state index is 0.587. The lowest BCUT2D eigenvalue weighted by molar-refractivity contribution is 0.311. The van der Waals surface area contributed by atoms with E-state index in [9.17, 15) is 4.21 Å². The van der Waals surface area contributed by atoms with Gasteiger partial charge in [0, 0.05) is 22.5 Å². The van der Waals surface area contributed by atoms with Crippen molar-refractivity contribution >= 4 is 16.9 Å². The summed E-state index contributed by atoms with van der Waals surface area (Å²) in [5, 5.41) is 1.64. The fraction of sp³-hybridized carbons (Fsp3) is 0.333. The third kappa shape index (κ3) is 3.70. The van der Waals surface area contributed by atoms with Crippen LogP contribution in [0.5, 0.6) is 11.5 Å². The number of methoxy groups -OCH3 is 1. The highest BCUT2D eigenvalue weighted by Crippen LogP contribution is 2.28. The lowest BCUT2D eigenvalue weighted by Crippen LogP contribution is -1.95. The second kappa shape index (κ2) is 6.33. The van der Waals surface area contributed by atoms with Crippen molar-refractivity contribution in [2.45, 2.75) is 6.92 Å². The SMILES string of the molecule is CCOc1cc(/C=C/S(C)=O)ccc1OC. The molecule has 0 aliphatic rings. The van der Waals surface area contributed by atoms with Gasteiger partial charge in [-0.15, -0.1) is 0 Å². The first-order valence-electron chi connectivity index (χ1n) is 4.98. The van der Waals surface area contributed by atoms with Gasteiger partial charge in [-0.3, -0.25) is 4.21 Å². The fourth-order valence-corrected chi connectivity index (χ4v) is 1.59. The first kappa shape index (κ1) is 12.8. The molecular weight excluding hydrogens is 224 g/mol. The average molecular weight is 240 g/mol. The highest BCUT2D eigenvalue weighted by molar-refractivity contribution is 7.87. The van der Waals surface area contributed by atoms with E-state index in [1.54, 1.807) is 24.8 Å². The van der Waals surface area contributed by atoms with Gasteiger partial charge in [-0.1, -0.05) is 6.07 Å². The molecule has 0 radical (unpaired) electrons. The monoisotopic (exact) mass is 240 g/mol. The van der Waals surface area contributed by atoms with E-state index >= 15 is 0 Å². The average Bonchev–Trinajstić information content (AvgIpc) is 2.27. The van der Waals surface area contributed by atoms with Crippen molar-refractivity contribution < 1.29 is 13.7 Å². The Labute approximate surface area is 98.5 Å². The van der Waals surface area contributed by atoms with Gasteiger partial charge in [-0.2, -0.15) is 0 Å². The molecule has 0 saturated carbocycles. The molecule has 0 amide bonds. The molecule has 1 aromatic rings. The molecule has 0 N–H and O–H groups in total. The number of ether oxygens (including phenoxy) is 2. The van der Waals surface area contributed by atoms with Crippen molar-refractivity contribution in [2.75, 3.05) is 20.0 Å². The van der Waals surface area contributed by atoms with Crippen molar-refractivity contribution in [1.29, 1.82) is 0 Å². The quantitative estimate of drug-likeness (QED) is 0.793. The molecule has 0 heterocycles. The Kier molecular flexibility index (Phi) is 5.05. The summed E-state index contributed by atoms with van der Waals surface area (Å²) in [5.41, 5.74) is 0.944. The van der Waals surface area contributed by atoms with E-state index in [1.807, 2.05) is 25.1 Å². The van der Waals surface area contributed by atoms with E-state index in [1.165, 1.54) is 0 Å². The second-order valence-electron chi connectivity index (χ2n) is 3.14. The van der Waals surface area contributed by atoms with Crippen LogP contribution in [0.4, 0.5) is 0 Å². The van der Waals surface area contributed by atoms with Crippen LogP contribution < -0.4 is 9.47 Å². The van der Waals surface area contributed by atoms with Crippen LogP contribution in [0.3, 0.4) is 0 Å². The highest BCUT2D eigenvalue weighted by atomic mass is 32.2. The molecule has 0 saturated heterocycles. The van der Waals surface area contributed by atoms with Crippen molar-refractivity contribution in [1.82, 2.24) is 0 Å². The van der Waals surface area contributed by atoms with Gasteiger partial charge in [0.15, 0.2) is 11.5 Å². The summed E-state index contributed by atoms with van der Waals surface area (Å²) >= 11 is 0. The topological polar surface area (TPSA) is 35.5 Å². The maximum Gasteiger partial charge on any atom is 0.161 e. The van der Waals surface area contributed by atoms with Gasteiger partial charge in [0.1, 0.15) is 0 Å². The highest BCUT2D eigenvalue weighted by Gasteiger charge is 2.03. The lowest BCUT2D eigenvalue weighted by Gasteiger charge is -2.09. The summed E-state index contributed by atoms with van der Waals surface area (Å²) in [5.74, 6) is 1.41. The van der Waals surface area contributed by atoms with Gasteiger partial charge in [0.25, 0.3) is 0 Å². The van der Waals surface area contributed by atoms with E-state index in [2.05, 4.69) is 0 Å². The zero-order chi connectivity index (χ0) is 12.0. The van der Waals surface area contributed by atoms with Gasteiger partial charge in [-0.05, 0) is 30.7 Å². The Morgan fingerprint density at radius 2 is 2.12 bits per heavy atom. The Hall–Kier alpha value is -1.29. The molecule has 4 heteroatoms. The fourth-order valence-electron chi connectivity index (χ4n) is 1.24. The molecule has 0 aliphatic heterocycles. The second-order valence-corrected chi connectivity index (χ2v) is 4.41. The van der Waals surface area contributed by atoms with Crippen molar-refractivity contribution in [3.05, 3.63) is 29.2 Å². The molecule has 0 spiro atoms. The predicted octanol–water partition coefficient (Wildman–Crippen LogP) is 2.44. The van der Waals surface area contributed by atoms with Crippen LogP contribution in [0, 0.1) is 0 Å². The van der Waals surface area contributed by atoms with Crippen LogP contribution >= 0.6 is 0 Å². The Balaban J connectivity index is 2.96. The summed E-state index contributed by atoms with van der Waals surface area (Å²) in [6, 6.07) is 5.60. The molecule has 88 valence electrons. The predicted molar refractivity (Wildman–Crippen MR) is 67.3 cm³/mol. The number of rotatable bonds is 5. The van der Waals surface area contributed by atoms with Crippen LogP contribution in [-0.4, -0.2) is 24.2 Å². The first-order chi connectivity index (χ1) is 7.67. The van der Waals surface area contributed by atoms with Crippen LogP contribution in [0.2, 0.25) is 0 Å². The molecule has 1 unspecified atom stereocenters. The van der Waals surface area contributed by atoms with Crippen molar-refractivity contribution in [3.63, 3.8) is 0 Å². The first-order valence-corrected chi connectivity index (χ1v) is 6.60. The summed E-state index contributed by atoms with van der Waals surface area (Å²) in [4.78, 5) is 0. The molecule has 0 fully saturated rings. The maximum absolute atomic E-state index is 10.9. The van der Waals surface area contributed by atoms with E-state index in [0.29, 0.717) is 18.1 Å². The summed E-state index contributed by atoms with van der Waals surface area (Å²) in [6.45, 7) is 2.51. The molecule has 1 atom stereocenters. The zero-order valence-corrected chi connectivity index (χ0v) is 10.5. The van der Waals surface area contributed by atoms with Crippen molar-refractivity contribution in [3.8, 4) is 11.5 Å². The minimum Gasteiger partial charge on any atom is -0.493 e. The number of hydrogen-bond donors (Lipinski definition) is 0. The van der Waals surface area contributed by atoms with Gasteiger partial charge in [0.05, 0.1) is 13.7 Å². The van der Waals surface area contributed by atoms with E-state index in [0.717, 1.165) is 5.56 Å². The van der Waals surface area contributed by atoms with E-state index < -0.39 is 10.8 Å². The molecule has 16 heavy (non-hydrogen) atoms. The molecule has 3 nitrogen and oxygen atoms in total. The Bertz CT molecular complexity index is 399.